The molecule has 0 radical (unpaired) electrons. The molecule has 108 valence electrons. The molecule has 1 atom stereocenters. The van der Waals surface area contributed by atoms with Gasteiger partial charge in [-0.15, -0.1) is 11.3 Å². The average Bonchev–Trinajstić information content (AvgIpc) is 2.96. The van der Waals surface area contributed by atoms with Gasteiger partial charge in [-0.25, -0.2) is 9.97 Å². The Morgan fingerprint density at radius 2 is 2.10 bits per heavy atom. The third-order valence-electron chi connectivity index (χ3n) is 3.88. The van der Waals surface area contributed by atoms with Gasteiger partial charge in [0, 0.05) is 32.7 Å². The maximum absolute atomic E-state index is 5.71. The van der Waals surface area contributed by atoms with E-state index in [2.05, 4.69) is 38.1 Å². The average molecular weight is 291 g/mol. The fraction of sp³-hybridized carbons (Fsp3) is 0.571. The molecule has 0 saturated carbocycles. The minimum Gasteiger partial charge on any atom is -0.353 e. The van der Waals surface area contributed by atoms with Gasteiger partial charge in [-0.2, -0.15) is 0 Å². The molecule has 0 aromatic carbocycles. The highest BCUT2D eigenvalue weighted by Crippen LogP contribution is 2.27. The van der Waals surface area contributed by atoms with Crippen LogP contribution in [-0.2, 0) is 0 Å². The maximum Gasteiger partial charge on any atom is 0.140 e. The molecule has 0 spiro atoms. The second kappa shape index (κ2) is 6.03. The van der Waals surface area contributed by atoms with Gasteiger partial charge in [0.05, 0.1) is 5.39 Å². The standard InChI is InChI=1S/C14H21N5S/c1-11(8-15)9-18-3-5-19(6-4-18)13-12-2-7-20-14(12)17-10-16-13/h2,7,10-11H,3-6,8-9,15H2,1H3. The summed E-state index contributed by atoms with van der Waals surface area (Å²) in [6, 6.07) is 2.12. The Hall–Kier alpha value is -1.24. The van der Waals surface area contributed by atoms with Gasteiger partial charge in [0.15, 0.2) is 0 Å². The van der Waals surface area contributed by atoms with Crippen molar-refractivity contribution in [1.82, 2.24) is 14.9 Å². The summed E-state index contributed by atoms with van der Waals surface area (Å²) in [5, 5.41) is 3.27. The van der Waals surface area contributed by atoms with Crippen molar-refractivity contribution in [2.45, 2.75) is 6.92 Å². The largest absolute Gasteiger partial charge is 0.353 e. The molecule has 20 heavy (non-hydrogen) atoms. The fourth-order valence-corrected chi connectivity index (χ4v) is 3.41. The molecule has 0 amide bonds. The number of hydrogen-bond acceptors (Lipinski definition) is 6. The Morgan fingerprint density at radius 1 is 1.30 bits per heavy atom. The lowest BCUT2D eigenvalue weighted by Crippen LogP contribution is -2.48. The summed E-state index contributed by atoms with van der Waals surface area (Å²) in [5.74, 6) is 1.66. The molecule has 1 unspecified atom stereocenters. The number of aromatic nitrogens is 2. The summed E-state index contributed by atoms with van der Waals surface area (Å²) in [7, 11) is 0. The number of thiophene rings is 1. The quantitative estimate of drug-likeness (QED) is 0.923. The lowest BCUT2D eigenvalue weighted by atomic mass is 10.1. The molecule has 3 heterocycles. The van der Waals surface area contributed by atoms with Gasteiger partial charge in [0.2, 0.25) is 0 Å². The predicted octanol–water partition coefficient (Wildman–Crippen LogP) is 1.41. The second-order valence-corrected chi connectivity index (χ2v) is 6.36. The molecule has 2 aromatic rings. The summed E-state index contributed by atoms with van der Waals surface area (Å²) in [6.07, 6.45) is 1.68. The minimum atomic E-state index is 0.573. The van der Waals surface area contributed by atoms with Gasteiger partial charge in [-0.3, -0.25) is 4.90 Å². The highest BCUT2D eigenvalue weighted by molar-refractivity contribution is 7.16. The molecule has 1 aliphatic heterocycles. The first kappa shape index (κ1) is 13.7. The minimum absolute atomic E-state index is 0.573. The second-order valence-electron chi connectivity index (χ2n) is 5.47. The van der Waals surface area contributed by atoms with Gasteiger partial charge in [-0.1, -0.05) is 6.92 Å². The van der Waals surface area contributed by atoms with Crippen LogP contribution in [0.4, 0.5) is 5.82 Å². The van der Waals surface area contributed by atoms with E-state index in [0.717, 1.165) is 49.9 Å². The Balaban J connectivity index is 1.67. The van der Waals surface area contributed by atoms with E-state index in [9.17, 15) is 0 Å². The number of nitrogens with zero attached hydrogens (tertiary/aromatic N) is 4. The van der Waals surface area contributed by atoms with Crippen LogP contribution in [0.5, 0.6) is 0 Å². The maximum atomic E-state index is 5.71. The van der Waals surface area contributed by atoms with E-state index in [4.69, 9.17) is 5.73 Å². The van der Waals surface area contributed by atoms with Crippen LogP contribution < -0.4 is 10.6 Å². The SMILES string of the molecule is CC(CN)CN1CCN(c2ncnc3sccc23)CC1. The molecular formula is C14H21N5S. The first-order valence-corrected chi connectivity index (χ1v) is 8.01. The van der Waals surface area contributed by atoms with Crippen molar-refractivity contribution in [2.75, 3.05) is 44.2 Å². The Labute approximate surface area is 123 Å². The number of rotatable bonds is 4. The fourth-order valence-electron chi connectivity index (χ4n) is 2.69. The Bertz CT molecular complexity index is 561. The van der Waals surface area contributed by atoms with Crippen molar-refractivity contribution in [1.29, 1.82) is 0 Å². The molecule has 1 fully saturated rings. The van der Waals surface area contributed by atoms with Crippen molar-refractivity contribution >= 4 is 27.4 Å². The van der Waals surface area contributed by atoms with E-state index < -0.39 is 0 Å². The number of piperazine rings is 1. The number of hydrogen-bond donors (Lipinski definition) is 1. The zero-order chi connectivity index (χ0) is 13.9. The number of fused-ring (bicyclic) bond motifs is 1. The van der Waals surface area contributed by atoms with E-state index in [0.29, 0.717) is 5.92 Å². The Morgan fingerprint density at radius 3 is 2.85 bits per heavy atom. The molecule has 3 rings (SSSR count). The van der Waals surface area contributed by atoms with Crippen LogP contribution in [0.25, 0.3) is 10.2 Å². The van der Waals surface area contributed by atoms with Crippen LogP contribution >= 0.6 is 11.3 Å². The van der Waals surface area contributed by atoms with Crippen LogP contribution in [0.2, 0.25) is 0 Å². The lowest BCUT2D eigenvalue weighted by molar-refractivity contribution is 0.227. The van der Waals surface area contributed by atoms with Crippen molar-refractivity contribution in [3.63, 3.8) is 0 Å². The normalized spacial score (nSPS) is 18.6. The van der Waals surface area contributed by atoms with Crippen molar-refractivity contribution in [3.05, 3.63) is 17.8 Å². The lowest BCUT2D eigenvalue weighted by Gasteiger charge is -2.36. The molecule has 0 aliphatic carbocycles. The molecule has 0 bridgehead atoms. The van der Waals surface area contributed by atoms with Crippen LogP contribution in [0.15, 0.2) is 17.8 Å². The number of anilines is 1. The predicted molar refractivity (Wildman–Crippen MR) is 84.3 cm³/mol. The van der Waals surface area contributed by atoms with E-state index in [-0.39, 0.29) is 0 Å². The van der Waals surface area contributed by atoms with Gasteiger partial charge < -0.3 is 10.6 Å². The summed E-state index contributed by atoms with van der Waals surface area (Å²) in [4.78, 5) is 14.8. The molecule has 2 N–H and O–H groups in total. The van der Waals surface area contributed by atoms with Crippen molar-refractivity contribution < 1.29 is 0 Å². The molecule has 5 nitrogen and oxygen atoms in total. The van der Waals surface area contributed by atoms with E-state index in [1.54, 1.807) is 17.7 Å². The van der Waals surface area contributed by atoms with Crippen LogP contribution in [0, 0.1) is 5.92 Å². The third-order valence-corrected chi connectivity index (χ3v) is 4.71. The first-order valence-electron chi connectivity index (χ1n) is 7.13. The molecule has 1 aliphatic rings. The number of nitrogens with two attached hydrogens (primary N) is 1. The summed E-state index contributed by atoms with van der Waals surface area (Å²) < 4.78 is 0. The van der Waals surface area contributed by atoms with Crippen LogP contribution in [0.3, 0.4) is 0 Å². The molecular weight excluding hydrogens is 270 g/mol. The van der Waals surface area contributed by atoms with E-state index >= 15 is 0 Å². The molecule has 2 aromatic heterocycles. The topological polar surface area (TPSA) is 58.3 Å². The van der Waals surface area contributed by atoms with Crippen LogP contribution in [-0.4, -0.2) is 54.1 Å². The third kappa shape index (κ3) is 2.77. The summed E-state index contributed by atoms with van der Waals surface area (Å²) in [5.41, 5.74) is 5.71. The molecule has 1 saturated heterocycles. The zero-order valence-electron chi connectivity index (χ0n) is 11.8. The van der Waals surface area contributed by atoms with Crippen molar-refractivity contribution in [2.24, 2.45) is 11.7 Å². The highest BCUT2D eigenvalue weighted by Gasteiger charge is 2.20. The van der Waals surface area contributed by atoms with Gasteiger partial charge in [0.1, 0.15) is 17.0 Å². The molecule has 6 heteroatoms. The summed E-state index contributed by atoms with van der Waals surface area (Å²) >= 11 is 1.68. The monoisotopic (exact) mass is 291 g/mol. The zero-order valence-corrected chi connectivity index (χ0v) is 12.6. The van der Waals surface area contributed by atoms with Crippen LogP contribution in [0.1, 0.15) is 6.92 Å². The summed E-state index contributed by atoms with van der Waals surface area (Å²) in [6.45, 7) is 8.30. The highest BCUT2D eigenvalue weighted by atomic mass is 32.1. The smallest absolute Gasteiger partial charge is 0.140 e. The van der Waals surface area contributed by atoms with E-state index in [1.807, 2.05) is 0 Å². The van der Waals surface area contributed by atoms with Crippen molar-refractivity contribution in [3.8, 4) is 0 Å². The van der Waals surface area contributed by atoms with Gasteiger partial charge in [0.25, 0.3) is 0 Å². The van der Waals surface area contributed by atoms with E-state index in [1.165, 1.54) is 5.39 Å². The Kier molecular flexibility index (Phi) is 4.14. The van der Waals surface area contributed by atoms with Gasteiger partial charge >= 0.3 is 0 Å². The van der Waals surface area contributed by atoms with Gasteiger partial charge in [-0.05, 0) is 23.9 Å². The first-order chi connectivity index (χ1) is 9.78.